The van der Waals surface area contributed by atoms with Gasteiger partial charge in [-0.2, -0.15) is 0 Å². The van der Waals surface area contributed by atoms with Gasteiger partial charge in [-0.15, -0.1) is 0 Å². The van der Waals surface area contributed by atoms with Gasteiger partial charge in [0.15, 0.2) is 11.5 Å². The Morgan fingerprint density at radius 1 is 0.971 bits per heavy atom. The van der Waals surface area contributed by atoms with Gasteiger partial charge in [-0.1, -0.05) is 18.2 Å². The molecule has 0 aliphatic carbocycles. The summed E-state index contributed by atoms with van der Waals surface area (Å²) in [4.78, 5) is 12.7. The fourth-order valence-corrected chi connectivity index (χ4v) is 4.75. The maximum atomic E-state index is 13.9. The van der Waals surface area contributed by atoms with E-state index in [1.165, 1.54) is 38.5 Å². The molecule has 0 saturated carbocycles. The Bertz CT molecular complexity index is 1270. The average molecular weight is 503 g/mol. The molecule has 186 valence electrons. The summed E-state index contributed by atoms with van der Waals surface area (Å²) in [5, 5.41) is 2.58. The zero-order valence-corrected chi connectivity index (χ0v) is 20.5. The molecule has 0 aromatic heterocycles. The van der Waals surface area contributed by atoms with Crippen molar-refractivity contribution in [3.8, 4) is 17.2 Å². The summed E-state index contributed by atoms with van der Waals surface area (Å²) in [5.41, 5.74) is 0.542. The third-order valence-electron chi connectivity index (χ3n) is 5.10. The molecule has 0 saturated heterocycles. The summed E-state index contributed by atoms with van der Waals surface area (Å²) in [5.74, 6) is 0.0787. The third-order valence-corrected chi connectivity index (χ3v) is 6.87. The molecule has 0 heterocycles. The van der Waals surface area contributed by atoms with Crippen LogP contribution >= 0.6 is 0 Å². The smallest absolute Gasteiger partial charge is 0.264 e. The predicted octanol–water partition coefficient (Wildman–Crippen LogP) is 3.75. The highest BCUT2D eigenvalue weighted by Gasteiger charge is 2.28. The molecule has 35 heavy (non-hydrogen) atoms. The summed E-state index contributed by atoms with van der Waals surface area (Å²) in [6, 6.07) is 16.5. The molecule has 0 aliphatic heterocycles. The molecule has 0 unspecified atom stereocenters. The van der Waals surface area contributed by atoms with Crippen molar-refractivity contribution in [1.82, 2.24) is 5.32 Å². The number of halogens is 1. The lowest BCUT2D eigenvalue weighted by Gasteiger charge is -2.25. The lowest BCUT2D eigenvalue weighted by molar-refractivity contribution is -0.119. The van der Waals surface area contributed by atoms with Crippen LogP contribution in [-0.2, 0) is 21.4 Å². The third kappa shape index (κ3) is 6.21. The first-order valence-corrected chi connectivity index (χ1v) is 12.2. The van der Waals surface area contributed by atoms with Gasteiger partial charge in [-0.3, -0.25) is 9.10 Å². The van der Waals surface area contributed by atoms with Crippen molar-refractivity contribution in [2.75, 3.05) is 31.7 Å². The minimum Gasteiger partial charge on any atom is -0.494 e. The Hall–Kier alpha value is -3.79. The molecule has 3 rings (SSSR count). The number of hydrogen-bond donors (Lipinski definition) is 1. The van der Waals surface area contributed by atoms with E-state index < -0.39 is 28.3 Å². The van der Waals surface area contributed by atoms with Crippen LogP contribution in [0, 0.1) is 5.82 Å². The van der Waals surface area contributed by atoms with Crippen molar-refractivity contribution in [3.05, 3.63) is 78.1 Å². The molecule has 1 N–H and O–H groups in total. The minimum atomic E-state index is -4.20. The quantitative estimate of drug-likeness (QED) is 0.429. The normalized spacial score (nSPS) is 11.0. The number of carbonyl (C=O) groups is 1. The topological polar surface area (TPSA) is 94.2 Å². The van der Waals surface area contributed by atoms with E-state index in [1.807, 2.05) is 6.92 Å². The second-order valence-electron chi connectivity index (χ2n) is 7.32. The van der Waals surface area contributed by atoms with Gasteiger partial charge in [0, 0.05) is 18.2 Å². The summed E-state index contributed by atoms with van der Waals surface area (Å²) in [7, 11) is -1.36. The first kappa shape index (κ1) is 25.8. The van der Waals surface area contributed by atoms with Crippen LogP contribution in [0.1, 0.15) is 12.5 Å². The molecule has 0 radical (unpaired) electrons. The fourth-order valence-electron chi connectivity index (χ4n) is 3.32. The number of methoxy groups -OCH3 is 2. The highest BCUT2D eigenvalue weighted by atomic mass is 32.2. The SMILES string of the molecule is CCOc1ccc(N(CC(=O)NCc2ccccc2F)S(=O)(=O)c2ccc(OC)c(OC)c2)cc1. The monoisotopic (exact) mass is 502 g/mol. The maximum absolute atomic E-state index is 13.9. The van der Waals surface area contributed by atoms with Crippen molar-refractivity contribution in [2.45, 2.75) is 18.4 Å². The molecule has 0 spiro atoms. The van der Waals surface area contributed by atoms with E-state index in [9.17, 15) is 17.6 Å². The summed E-state index contributed by atoms with van der Waals surface area (Å²) in [6.07, 6.45) is 0. The molecule has 1 amide bonds. The second kappa shape index (κ2) is 11.6. The number of carbonyl (C=O) groups excluding carboxylic acids is 1. The average Bonchev–Trinajstić information content (AvgIpc) is 2.87. The predicted molar refractivity (Wildman–Crippen MR) is 130 cm³/mol. The van der Waals surface area contributed by atoms with Crippen molar-refractivity contribution in [3.63, 3.8) is 0 Å². The van der Waals surface area contributed by atoms with Crippen LogP contribution in [0.25, 0.3) is 0 Å². The highest BCUT2D eigenvalue weighted by Crippen LogP contribution is 2.32. The maximum Gasteiger partial charge on any atom is 0.264 e. The van der Waals surface area contributed by atoms with Gasteiger partial charge in [0.2, 0.25) is 5.91 Å². The van der Waals surface area contributed by atoms with E-state index in [0.717, 1.165) is 4.31 Å². The standard InChI is InChI=1S/C25H27FN2O6S/c1-4-34-20-11-9-19(10-12-20)28(17-25(29)27-16-18-7-5-6-8-22(18)26)35(30,31)21-13-14-23(32-2)24(15-21)33-3/h5-15H,4,16-17H2,1-3H3,(H,27,29). The van der Waals surface area contributed by atoms with Crippen molar-refractivity contribution in [1.29, 1.82) is 0 Å². The first-order chi connectivity index (χ1) is 16.8. The van der Waals surface area contributed by atoms with Crippen molar-refractivity contribution in [2.24, 2.45) is 0 Å². The van der Waals surface area contributed by atoms with Gasteiger partial charge < -0.3 is 19.5 Å². The lowest BCUT2D eigenvalue weighted by Crippen LogP contribution is -2.40. The van der Waals surface area contributed by atoms with Crippen LogP contribution in [0.4, 0.5) is 10.1 Å². The number of rotatable bonds is 11. The molecular formula is C25H27FN2O6S. The van der Waals surface area contributed by atoms with E-state index in [0.29, 0.717) is 18.1 Å². The molecule has 8 nitrogen and oxygen atoms in total. The number of amides is 1. The van der Waals surface area contributed by atoms with Crippen LogP contribution in [0.2, 0.25) is 0 Å². The zero-order valence-electron chi connectivity index (χ0n) is 19.7. The lowest BCUT2D eigenvalue weighted by atomic mass is 10.2. The number of nitrogens with one attached hydrogen (secondary N) is 1. The number of nitrogens with zero attached hydrogens (tertiary/aromatic N) is 1. The molecule has 0 atom stereocenters. The number of ether oxygens (including phenoxy) is 3. The van der Waals surface area contributed by atoms with Crippen LogP contribution in [0.3, 0.4) is 0 Å². The van der Waals surface area contributed by atoms with Gasteiger partial charge in [0.05, 0.1) is 31.4 Å². The van der Waals surface area contributed by atoms with Crippen LogP contribution < -0.4 is 23.8 Å². The summed E-state index contributed by atoms with van der Waals surface area (Å²) >= 11 is 0. The van der Waals surface area contributed by atoms with E-state index in [1.54, 1.807) is 42.5 Å². The Morgan fingerprint density at radius 3 is 2.29 bits per heavy atom. The van der Waals surface area contributed by atoms with Gasteiger partial charge >= 0.3 is 0 Å². The highest BCUT2D eigenvalue weighted by molar-refractivity contribution is 7.92. The van der Waals surface area contributed by atoms with Gasteiger partial charge in [0.25, 0.3) is 10.0 Å². The molecule has 3 aromatic carbocycles. The van der Waals surface area contributed by atoms with E-state index in [2.05, 4.69) is 5.32 Å². The van der Waals surface area contributed by atoms with Gasteiger partial charge in [-0.05, 0) is 49.4 Å². The molecule has 0 aliphatic rings. The summed E-state index contributed by atoms with van der Waals surface area (Å²) in [6.45, 7) is 1.67. The van der Waals surface area contributed by atoms with Crippen molar-refractivity contribution < 1.29 is 31.8 Å². The van der Waals surface area contributed by atoms with E-state index in [4.69, 9.17) is 14.2 Å². The van der Waals surface area contributed by atoms with E-state index >= 15 is 0 Å². The molecular weight excluding hydrogens is 475 g/mol. The van der Waals surface area contributed by atoms with Crippen LogP contribution in [0.5, 0.6) is 17.2 Å². The molecule has 3 aromatic rings. The number of sulfonamides is 1. The van der Waals surface area contributed by atoms with Gasteiger partial charge in [0.1, 0.15) is 18.1 Å². The summed E-state index contributed by atoms with van der Waals surface area (Å²) < 4.78 is 58.0. The number of hydrogen-bond acceptors (Lipinski definition) is 6. The van der Waals surface area contributed by atoms with Crippen LogP contribution in [0.15, 0.2) is 71.6 Å². The number of anilines is 1. The molecule has 0 bridgehead atoms. The largest absolute Gasteiger partial charge is 0.494 e. The Kier molecular flexibility index (Phi) is 8.53. The Morgan fingerprint density at radius 2 is 1.66 bits per heavy atom. The fraction of sp³-hybridized carbons (Fsp3) is 0.240. The zero-order chi connectivity index (χ0) is 25.4. The minimum absolute atomic E-state index is 0.0843. The molecule has 0 fully saturated rings. The Labute approximate surface area is 204 Å². The Balaban J connectivity index is 1.93. The first-order valence-electron chi connectivity index (χ1n) is 10.8. The second-order valence-corrected chi connectivity index (χ2v) is 9.19. The van der Waals surface area contributed by atoms with Crippen LogP contribution in [-0.4, -0.2) is 41.7 Å². The van der Waals surface area contributed by atoms with Gasteiger partial charge in [-0.25, -0.2) is 12.8 Å². The number of benzene rings is 3. The van der Waals surface area contributed by atoms with Crippen molar-refractivity contribution >= 4 is 21.6 Å². The van der Waals surface area contributed by atoms with E-state index in [-0.39, 0.29) is 28.4 Å². The molecule has 10 heteroatoms.